The number of piperidine rings is 1. The third kappa shape index (κ3) is 4.12. The molecule has 0 aliphatic carbocycles. The summed E-state index contributed by atoms with van der Waals surface area (Å²) in [5, 5.41) is 3.09. The van der Waals surface area contributed by atoms with Crippen LogP contribution in [0.3, 0.4) is 0 Å². The number of rotatable bonds is 4. The molecule has 0 aromatic carbocycles. The van der Waals surface area contributed by atoms with Gasteiger partial charge in [-0.05, 0) is 44.7 Å². The lowest BCUT2D eigenvalue weighted by molar-refractivity contribution is 0.181. The van der Waals surface area contributed by atoms with Crippen LogP contribution >= 0.6 is 0 Å². The minimum Gasteiger partial charge on any atom is -0.335 e. The number of carbonyl (C=O) groups is 1. The molecule has 25 heavy (non-hydrogen) atoms. The molecule has 0 saturated carbocycles. The average molecular weight is 366 g/mol. The number of carbonyl (C=O) groups excluding carboxylic acids is 1. The van der Waals surface area contributed by atoms with Gasteiger partial charge in [-0.1, -0.05) is 6.07 Å². The SMILES string of the molecule is CCS(=O)(=O)N1CCC(NC(=O)N2CCC[C@H]2c2ccccn2)CC1. The molecule has 0 radical (unpaired) electrons. The maximum Gasteiger partial charge on any atom is 0.318 e. The second kappa shape index (κ2) is 7.70. The Hall–Kier alpha value is -1.67. The van der Waals surface area contributed by atoms with Crippen LogP contribution in [0.1, 0.15) is 44.3 Å². The summed E-state index contributed by atoms with van der Waals surface area (Å²) in [4.78, 5) is 18.9. The fraction of sp³-hybridized carbons (Fsp3) is 0.647. The molecule has 2 saturated heterocycles. The number of sulfonamides is 1. The molecule has 1 N–H and O–H groups in total. The summed E-state index contributed by atoms with van der Waals surface area (Å²) >= 11 is 0. The van der Waals surface area contributed by atoms with Gasteiger partial charge in [0.25, 0.3) is 0 Å². The average Bonchev–Trinajstić information content (AvgIpc) is 3.13. The van der Waals surface area contributed by atoms with Crippen LogP contribution in [0.15, 0.2) is 24.4 Å². The number of urea groups is 1. The van der Waals surface area contributed by atoms with E-state index in [1.54, 1.807) is 13.1 Å². The molecule has 3 heterocycles. The molecule has 0 unspecified atom stereocenters. The monoisotopic (exact) mass is 366 g/mol. The maximum atomic E-state index is 12.7. The Balaban J connectivity index is 1.56. The minimum absolute atomic E-state index is 0.0285. The van der Waals surface area contributed by atoms with Crippen molar-refractivity contribution in [2.24, 2.45) is 0 Å². The van der Waals surface area contributed by atoms with Gasteiger partial charge in [0.1, 0.15) is 0 Å². The van der Waals surface area contributed by atoms with Gasteiger partial charge in [0.05, 0.1) is 17.5 Å². The Morgan fingerprint density at radius 3 is 2.64 bits per heavy atom. The van der Waals surface area contributed by atoms with Gasteiger partial charge in [0, 0.05) is 31.9 Å². The highest BCUT2D eigenvalue weighted by atomic mass is 32.2. The van der Waals surface area contributed by atoms with E-state index >= 15 is 0 Å². The van der Waals surface area contributed by atoms with E-state index in [2.05, 4.69) is 10.3 Å². The molecular weight excluding hydrogens is 340 g/mol. The van der Waals surface area contributed by atoms with Crippen molar-refractivity contribution >= 4 is 16.1 Å². The van der Waals surface area contributed by atoms with Crippen LogP contribution in [0.5, 0.6) is 0 Å². The standard InChI is InChI=1S/C17H26N4O3S/c1-2-25(23,24)20-12-8-14(9-13-20)19-17(22)21-11-5-7-16(21)15-6-3-4-10-18-15/h3-4,6,10,14,16H,2,5,7-9,11-13H2,1H3,(H,19,22)/t16-/m0/s1. The molecule has 0 spiro atoms. The second-order valence-electron chi connectivity index (χ2n) is 6.63. The highest BCUT2D eigenvalue weighted by molar-refractivity contribution is 7.89. The molecule has 1 aromatic rings. The van der Waals surface area contributed by atoms with Gasteiger partial charge in [-0.25, -0.2) is 17.5 Å². The first kappa shape index (κ1) is 18.1. The Labute approximate surface area is 149 Å². The molecule has 3 rings (SSSR count). The number of pyridine rings is 1. The van der Waals surface area contributed by atoms with E-state index in [9.17, 15) is 13.2 Å². The first-order valence-electron chi connectivity index (χ1n) is 8.97. The normalized spacial score (nSPS) is 22.9. The van der Waals surface area contributed by atoms with Gasteiger partial charge in [0.2, 0.25) is 10.0 Å². The van der Waals surface area contributed by atoms with Gasteiger partial charge in [-0.2, -0.15) is 0 Å². The molecule has 0 bridgehead atoms. The lowest BCUT2D eigenvalue weighted by Crippen LogP contribution is -2.50. The summed E-state index contributed by atoms with van der Waals surface area (Å²) in [6, 6.07) is 5.78. The molecule has 1 aromatic heterocycles. The summed E-state index contributed by atoms with van der Waals surface area (Å²) in [7, 11) is -3.13. The quantitative estimate of drug-likeness (QED) is 0.880. The Morgan fingerprint density at radius 2 is 2.00 bits per heavy atom. The molecule has 2 amide bonds. The van der Waals surface area contributed by atoms with E-state index in [0.29, 0.717) is 25.9 Å². The zero-order valence-electron chi connectivity index (χ0n) is 14.6. The predicted molar refractivity (Wildman–Crippen MR) is 95.5 cm³/mol. The Morgan fingerprint density at radius 1 is 1.24 bits per heavy atom. The number of aromatic nitrogens is 1. The largest absolute Gasteiger partial charge is 0.335 e. The van der Waals surface area contributed by atoms with Crippen molar-refractivity contribution < 1.29 is 13.2 Å². The summed E-state index contributed by atoms with van der Waals surface area (Å²) in [6.45, 7) is 3.35. The first-order valence-corrected chi connectivity index (χ1v) is 10.6. The summed E-state index contributed by atoms with van der Waals surface area (Å²) in [5.74, 6) is 0.129. The zero-order valence-corrected chi connectivity index (χ0v) is 15.4. The van der Waals surface area contributed by atoms with Crippen LogP contribution in [0, 0.1) is 0 Å². The van der Waals surface area contributed by atoms with Crippen molar-refractivity contribution in [1.29, 1.82) is 0 Å². The van der Waals surface area contributed by atoms with Crippen molar-refractivity contribution in [3.63, 3.8) is 0 Å². The van der Waals surface area contributed by atoms with Crippen molar-refractivity contribution in [2.75, 3.05) is 25.4 Å². The fourth-order valence-electron chi connectivity index (χ4n) is 3.61. The number of likely N-dealkylation sites (tertiary alicyclic amines) is 1. The highest BCUT2D eigenvalue weighted by Gasteiger charge is 2.33. The number of amides is 2. The van der Waals surface area contributed by atoms with Crippen molar-refractivity contribution in [3.8, 4) is 0 Å². The molecule has 138 valence electrons. The van der Waals surface area contributed by atoms with Gasteiger partial charge >= 0.3 is 6.03 Å². The molecule has 2 fully saturated rings. The summed E-state index contributed by atoms with van der Waals surface area (Å²) < 4.78 is 25.4. The lowest BCUT2D eigenvalue weighted by atomic mass is 10.1. The van der Waals surface area contributed by atoms with Gasteiger partial charge in [-0.3, -0.25) is 4.98 Å². The summed E-state index contributed by atoms with van der Waals surface area (Å²) in [6.07, 6.45) is 4.98. The zero-order chi connectivity index (χ0) is 17.9. The van der Waals surface area contributed by atoms with Crippen LogP contribution in [0.25, 0.3) is 0 Å². The van der Waals surface area contributed by atoms with E-state index in [-0.39, 0.29) is 23.9 Å². The van der Waals surface area contributed by atoms with Crippen LogP contribution in [-0.4, -0.2) is 60.1 Å². The third-order valence-electron chi connectivity index (χ3n) is 5.08. The van der Waals surface area contributed by atoms with E-state index in [1.807, 2.05) is 23.1 Å². The molecule has 2 aliphatic heterocycles. The topological polar surface area (TPSA) is 82.6 Å². The number of hydrogen-bond donors (Lipinski definition) is 1. The van der Waals surface area contributed by atoms with Crippen molar-refractivity contribution in [3.05, 3.63) is 30.1 Å². The minimum atomic E-state index is -3.13. The molecular formula is C17H26N4O3S. The molecule has 7 nitrogen and oxygen atoms in total. The van der Waals surface area contributed by atoms with Gasteiger partial charge < -0.3 is 10.2 Å². The third-order valence-corrected chi connectivity index (χ3v) is 6.96. The van der Waals surface area contributed by atoms with Crippen LogP contribution < -0.4 is 5.32 Å². The predicted octanol–water partition coefficient (Wildman–Crippen LogP) is 1.74. The lowest BCUT2D eigenvalue weighted by Gasteiger charge is -2.33. The highest BCUT2D eigenvalue weighted by Crippen LogP contribution is 2.30. The molecule has 8 heteroatoms. The summed E-state index contributed by atoms with van der Waals surface area (Å²) in [5.41, 5.74) is 0.930. The van der Waals surface area contributed by atoms with Gasteiger partial charge in [-0.15, -0.1) is 0 Å². The van der Waals surface area contributed by atoms with Crippen LogP contribution in [-0.2, 0) is 10.0 Å². The van der Waals surface area contributed by atoms with Gasteiger partial charge in [0.15, 0.2) is 0 Å². The maximum absolute atomic E-state index is 12.7. The van der Waals surface area contributed by atoms with E-state index in [0.717, 1.165) is 25.1 Å². The van der Waals surface area contributed by atoms with E-state index < -0.39 is 10.0 Å². The first-order chi connectivity index (χ1) is 12.0. The number of nitrogens with zero attached hydrogens (tertiary/aromatic N) is 3. The smallest absolute Gasteiger partial charge is 0.318 e. The molecule has 1 atom stereocenters. The molecule has 2 aliphatic rings. The van der Waals surface area contributed by atoms with Crippen molar-refractivity contribution in [2.45, 2.75) is 44.7 Å². The number of hydrogen-bond acceptors (Lipinski definition) is 4. The van der Waals surface area contributed by atoms with Crippen LogP contribution in [0.4, 0.5) is 4.79 Å². The number of nitrogens with one attached hydrogen (secondary N) is 1. The fourth-order valence-corrected chi connectivity index (χ4v) is 4.74. The van der Waals surface area contributed by atoms with E-state index in [4.69, 9.17) is 0 Å². The second-order valence-corrected chi connectivity index (χ2v) is 8.89. The Kier molecular flexibility index (Phi) is 5.58. The van der Waals surface area contributed by atoms with E-state index in [1.165, 1.54) is 4.31 Å². The van der Waals surface area contributed by atoms with Crippen LogP contribution in [0.2, 0.25) is 0 Å². The Bertz CT molecular complexity index is 687. The van der Waals surface area contributed by atoms with Crippen molar-refractivity contribution in [1.82, 2.24) is 19.5 Å².